The molecule has 7 aliphatic rings. The highest BCUT2D eigenvalue weighted by atomic mass is 32.2. The maximum Gasteiger partial charge on any atom is 0.319 e. The molecular weight excluding hydrogens is 1720 g/mol. The number of hydrogen-bond acceptors (Lipinski definition) is 25. The molecule has 702 valence electrons. The first kappa shape index (κ1) is 100. The lowest BCUT2D eigenvalue weighted by Crippen LogP contribution is -2.38. The smallest absolute Gasteiger partial charge is 0.319 e. The number of ether oxygens (including phenoxy) is 5. The number of carbonyl (C=O) groups excluding carboxylic acids is 7. The van der Waals surface area contributed by atoms with E-state index in [2.05, 4.69) is 103 Å². The Morgan fingerprint density at radius 1 is 0.620 bits per heavy atom. The van der Waals surface area contributed by atoms with Gasteiger partial charge in [0.15, 0.2) is 29.2 Å². The van der Waals surface area contributed by atoms with Crippen molar-refractivity contribution >= 4 is 119 Å². The van der Waals surface area contributed by atoms with Crippen molar-refractivity contribution in [3.63, 3.8) is 0 Å². The van der Waals surface area contributed by atoms with Crippen molar-refractivity contribution in [1.29, 1.82) is 0 Å². The number of Topliss-reactive ketones (excluding diaryl/α,β-unsaturated/α-hetero) is 4. The number of carbonyl (C=O) groups is 7. The minimum absolute atomic E-state index is 0.0117. The summed E-state index contributed by atoms with van der Waals surface area (Å²) in [6.45, 7) is 13.9. The first-order chi connectivity index (χ1) is 61.9. The van der Waals surface area contributed by atoms with Gasteiger partial charge in [-0.1, -0.05) is 83.6 Å². The SMILES string of the molecule is CCCC[N+]1=C(C=CC2=C(Oc3ccc(S(=O)(=O)O)cc3)C(=CC=C3N(CCCCCC(=O)NCCOCCOCCNC(=O)Nc4cc(C(=O)CCCCC[C@H](CC(=O)CCCC[C@@H]5SC[C@@H]6NC(N)=N[C@@H]65)C(=O)OC)cc(C(=O)CCCOCCCC(=O)CCCC[C@@H]5SC[C@@H]6NC(N)=N[C@@H]65)c4)c4ccc(S(=O)(=O)O)cc4C3(C)C)CCC2)C(C)(C)c2ccccc21. The number of benzene rings is 4. The van der Waals surface area contributed by atoms with Gasteiger partial charge in [-0.2, -0.15) is 44.9 Å². The van der Waals surface area contributed by atoms with E-state index in [0.717, 1.165) is 104 Å². The number of fused-ring (bicyclic) bond motifs is 4. The van der Waals surface area contributed by atoms with Crippen molar-refractivity contribution in [3.8, 4) is 5.75 Å². The summed E-state index contributed by atoms with van der Waals surface area (Å²) >= 11 is 3.80. The molecule has 0 spiro atoms. The van der Waals surface area contributed by atoms with Gasteiger partial charge in [0.2, 0.25) is 11.6 Å². The van der Waals surface area contributed by atoms with Crippen molar-refractivity contribution in [2.24, 2.45) is 27.4 Å². The van der Waals surface area contributed by atoms with Gasteiger partial charge in [-0.15, -0.1) is 0 Å². The fourth-order valence-electron chi connectivity index (χ4n) is 18.1. The van der Waals surface area contributed by atoms with Gasteiger partial charge in [-0.25, -0.2) is 14.8 Å². The van der Waals surface area contributed by atoms with Crippen LogP contribution < -0.4 is 47.7 Å². The summed E-state index contributed by atoms with van der Waals surface area (Å²) in [7, 11) is -7.70. The molecule has 0 radical (unpaired) electrons. The van der Waals surface area contributed by atoms with Crippen LogP contribution in [0.4, 0.5) is 21.9 Å². The normalized spacial score (nSPS) is 20.4. The number of esters is 1. The van der Waals surface area contributed by atoms with Gasteiger partial charge in [0.05, 0.1) is 78.8 Å². The number of amides is 3. The van der Waals surface area contributed by atoms with Crippen molar-refractivity contribution in [1.82, 2.24) is 21.3 Å². The maximum absolute atomic E-state index is 13.9. The molecule has 11 rings (SSSR count). The van der Waals surface area contributed by atoms with Crippen LogP contribution in [0.2, 0.25) is 0 Å². The van der Waals surface area contributed by atoms with E-state index in [1.165, 1.54) is 60.8 Å². The van der Waals surface area contributed by atoms with Gasteiger partial charge < -0.3 is 66.6 Å². The maximum atomic E-state index is 13.9. The van der Waals surface area contributed by atoms with Gasteiger partial charge >= 0.3 is 12.0 Å². The van der Waals surface area contributed by atoms with Crippen LogP contribution in [0.25, 0.3) is 0 Å². The van der Waals surface area contributed by atoms with E-state index in [0.29, 0.717) is 155 Å². The Kier molecular flexibility index (Phi) is 37.7. The monoisotopic (exact) mass is 1850 g/mol. The third-order valence-corrected chi connectivity index (χ3v) is 29.8. The number of urea groups is 1. The van der Waals surface area contributed by atoms with Gasteiger partial charge in [-0.05, 0) is 187 Å². The third-order valence-electron chi connectivity index (χ3n) is 25.1. The zero-order chi connectivity index (χ0) is 92.3. The number of hydrogen-bond donors (Lipinski definition) is 9. The van der Waals surface area contributed by atoms with Gasteiger partial charge in [0.1, 0.15) is 29.6 Å². The summed E-state index contributed by atoms with van der Waals surface area (Å²) in [5.41, 5.74) is 19.3. The number of aliphatic imine (C=N–C) groups is 2. The van der Waals surface area contributed by atoms with E-state index in [1.54, 1.807) is 18.2 Å². The Bertz CT molecular complexity index is 5080. The molecule has 6 aliphatic heterocycles. The molecule has 0 saturated carbocycles. The number of ketones is 4. The number of nitrogens with one attached hydrogen (secondary N) is 5. The first-order valence-electron chi connectivity index (χ1n) is 45.9. The molecule has 2 fully saturated rings. The summed E-state index contributed by atoms with van der Waals surface area (Å²) in [5.74, 6) is 2.50. The van der Waals surface area contributed by atoms with E-state index in [-0.39, 0.29) is 144 Å². The molecule has 4 aromatic rings. The first-order valence-corrected chi connectivity index (χ1v) is 50.9. The van der Waals surface area contributed by atoms with Crippen LogP contribution >= 0.6 is 23.5 Å². The number of guanidine groups is 2. The second-order valence-electron chi connectivity index (χ2n) is 35.4. The zero-order valence-electron chi connectivity index (χ0n) is 75.5. The highest BCUT2D eigenvalue weighted by Crippen LogP contribution is 2.50. The highest BCUT2D eigenvalue weighted by Gasteiger charge is 2.46. The number of nitrogens with two attached hydrogens (primary N) is 2. The fourth-order valence-corrected chi connectivity index (χ4v) is 22.1. The molecule has 33 heteroatoms. The molecule has 2 saturated heterocycles. The number of para-hydroxylation sites is 1. The summed E-state index contributed by atoms with van der Waals surface area (Å²) < 4.78 is 101. The molecular formula is C96H132N11O18S4+. The molecule has 129 heavy (non-hydrogen) atoms. The third kappa shape index (κ3) is 28.7. The molecule has 0 unspecified atom stereocenters. The number of thioether (sulfide) groups is 2. The Morgan fingerprint density at radius 3 is 1.86 bits per heavy atom. The second kappa shape index (κ2) is 48.4. The molecule has 0 bridgehead atoms. The minimum Gasteiger partial charge on any atom is -0.469 e. The lowest BCUT2D eigenvalue weighted by Gasteiger charge is -2.27. The number of anilines is 2. The number of nitrogens with zero attached hydrogens (tertiary/aromatic N) is 4. The van der Waals surface area contributed by atoms with E-state index in [4.69, 9.17) is 35.2 Å². The minimum atomic E-state index is -4.55. The summed E-state index contributed by atoms with van der Waals surface area (Å²) in [5, 5.41) is 15.7. The van der Waals surface area contributed by atoms with Crippen molar-refractivity contribution in [3.05, 3.63) is 154 Å². The summed E-state index contributed by atoms with van der Waals surface area (Å²) in [6, 6.07) is 23.8. The average Bonchev–Trinajstić information content (AvgIpc) is 1.58. The predicted octanol–water partition coefficient (Wildman–Crippen LogP) is 14.4. The lowest BCUT2D eigenvalue weighted by atomic mass is 9.81. The van der Waals surface area contributed by atoms with Crippen LogP contribution in [0, 0.1) is 5.92 Å². The molecule has 7 atom stereocenters. The van der Waals surface area contributed by atoms with Crippen LogP contribution in [-0.2, 0) is 69.2 Å². The quantitative estimate of drug-likeness (QED) is 0.00652. The summed E-state index contributed by atoms with van der Waals surface area (Å²) in [6.07, 6.45) is 24.8. The van der Waals surface area contributed by atoms with Crippen molar-refractivity contribution < 1.29 is 87.8 Å². The van der Waals surface area contributed by atoms with E-state index < -0.39 is 43.6 Å². The van der Waals surface area contributed by atoms with E-state index in [9.17, 15) is 59.5 Å². The average molecular weight is 1860 g/mol. The molecule has 3 amide bonds. The molecule has 0 aromatic heterocycles. The molecule has 1 aliphatic carbocycles. The zero-order valence-corrected chi connectivity index (χ0v) is 78.8. The molecule has 6 heterocycles. The van der Waals surface area contributed by atoms with Crippen molar-refractivity contribution in [2.75, 3.05) is 94.7 Å². The van der Waals surface area contributed by atoms with E-state index >= 15 is 0 Å². The van der Waals surface area contributed by atoms with Crippen LogP contribution in [0.3, 0.4) is 0 Å². The van der Waals surface area contributed by atoms with Gasteiger partial charge in [0.25, 0.3) is 20.2 Å². The van der Waals surface area contributed by atoms with Crippen molar-refractivity contribution in [2.45, 2.75) is 263 Å². The lowest BCUT2D eigenvalue weighted by molar-refractivity contribution is -0.438. The van der Waals surface area contributed by atoms with E-state index in [1.807, 2.05) is 49.5 Å². The van der Waals surface area contributed by atoms with Gasteiger partial charge in [0, 0.05) is 158 Å². The van der Waals surface area contributed by atoms with Crippen LogP contribution in [0.1, 0.15) is 240 Å². The molecule has 11 N–H and O–H groups in total. The van der Waals surface area contributed by atoms with Gasteiger partial charge in [-0.3, -0.25) is 37.9 Å². The Labute approximate surface area is 768 Å². The van der Waals surface area contributed by atoms with Crippen LogP contribution in [-0.4, -0.2) is 208 Å². The fraction of sp³-hybridized carbons (Fsp3) is 0.562. The number of allylic oxidation sites excluding steroid dienone is 7. The summed E-state index contributed by atoms with van der Waals surface area (Å²) in [4.78, 5) is 104. The van der Waals surface area contributed by atoms with Crippen LogP contribution in [0.15, 0.2) is 152 Å². The number of methoxy groups -OCH3 is 1. The second-order valence-corrected chi connectivity index (χ2v) is 40.8. The number of unbranched alkanes of at least 4 members (excludes halogenated alkanes) is 7. The number of rotatable bonds is 55. The molecule has 29 nitrogen and oxygen atoms in total. The topological polar surface area (TPSA) is 418 Å². The largest absolute Gasteiger partial charge is 0.469 e. The molecule has 4 aromatic carbocycles. The standard InChI is InChI=1S/C96H131N11O18S4/c1-7-8-49-106-79-31-17-16-30-75(79)95(2,3)85(106)45-37-64-25-21-26-65(90(64)125-72-39-41-73(42-40-72)128(115,116)117)38-46-86-96(4,5)76-61-74(129(118,119)120)43-44-80(76)107(86)50-20-10-13-36-87(112)99-47-53-123-55-56-124-54-48-100-94(114)101-69-58-67(57-68(59-69)82(111)33-23-52-122-51-22-29-70(108)27-14-18-34-83-88-77(62-126-83)102-92(97)104-88)81(110)32-12-9-11-24-66(91(113)121-6)60-71(109)28-15-19-35-84-89-78(63-127-84)103-93(98)105-89/h16-17,30-31,37-46,57-59,61,66,77-78,83-84,88-89H,7-15,18-29,32-36,47-56,60,62-63H2,1-6H3,(H10-,97,98,99,100,101,102,103,104,105,112,114,115,116,117,118,119,120)/p+1/t66-,77+,78+,83+,84+,88+,89+/m1/s1. The predicted molar refractivity (Wildman–Crippen MR) is 506 cm³/mol. The highest BCUT2D eigenvalue weighted by molar-refractivity contribution is 8.00. The Balaban J connectivity index is 0.615. The Hall–Kier alpha value is -9.06. The Morgan fingerprint density at radius 2 is 1.21 bits per heavy atom. The van der Waals surface area contributed by atoms with Crippen LogP contribution in [0.5, 0.6) is 5.75 Å².